The van der Waals surface area contributed by atoms with Gasteiger partial charge < -0.3 is 10.6 Å². The molecule has 6 heteroatoms. The molecule has 0 saturated carbocycles. The fourth-order valence-corrected chi connectivity index (χ4v) is 4.53. The molecule has 5 nitrogen and oxygen atoms in total. The molecule has 0 spiro atoms. The number of hydrogen-bond acceptors (Lipinski definition) is 5. The molecule has 3 unspecified atom stereocenters. The van der Waals surface area contributed by atoms with E-state index >= 15 is 0 Å². The number of carbonyl (C=O) groups is 1. The van der Waals surface area contributed by atoms with Crippen molar-refractivity contribution in [2.75, 3.05) is 5.75 Å². The summed E-state index contributed by atoms with van der Waals surface area (Å²) in [7, 11) is 0. The SMILES string of the molecule is CCC1/C(=N\N=C2NC(=O)CS2)CC(c2ccccc2)NC1c1ccccc1. The fraction of sp³-hybridized carbons (Fsp3) is 0.318. The van der Waals surface area contributed by atoms with E-state index in [1.165, 1.54) is 22.9 Å². The topological polar surface area (TPSA) is 65.8 Å². The molecule has 1 amide bonds. The van der Waals surface area contributed by atoms with E-state index in [4.69, 9.17) is 0 Å². The summed E-state index contributed by atoms with van der Waals surface area (Å²) >= 11 is 1.41. The van der Waals surface area contributed by atoms with E-state index in [0.29, 0.717) is 10.9 Å². The molecule has 0 aliphatic carbocycles. The highest BCUT2D eigenvalue weighted by Gasteiger charge is 2.35. The molecular formula is C22H24N4OS. The average Bonchev–Trinajstić information content (AvgIpc) is 3.18. The first-order chi connectivity index (χ1) is 13.7. The van der Waals surface area contributed by atoms with Gasteiger partial charge in [0.15, 0.2) is 5.17 Å². The third-order valence-corrected chi connectivity index (χ3v) is 6.14. The molecule has 2 aliphatic heterocycles. The standard InChI is InChI=1S/C22H24N4OS/c1-2-17-19(25-26-22-24-20(27)14-28-22)13-18(15-9-5-3-6-10-15)23-21(17)16-11-7-4-8-12-16/h3-12,17-18,21,23H,2,13-14H2,1H3,(H,24,26,27)/b25-19-. The Morgan fingerprint density at radius 2 is 1.68 bits per heavy atom. The third-order valence-electron chi connectivity index (χ3n) is 5.28. The predicted octanol–water partition coefficient (Wildman–Crippen LogP) is 4.06. The molecule has 144 valence electrons. The van der Waals surface area contributed by atoms with Gasteiger partial charge in [-0.15, -0.1) is 5.10 Å². The van der Waals surface area contributed by atoms with Crippen molar-refractivity contribution in [2.24, 2.45) is 16.1 Å². The van der Waals surface area contributed by atoms with Crippen molar-refractivity contribution in [2.45, 2.75) is 31.8 Å². The number of amides is 1. The zero-order valence-corrected chi connectivity index (χ0v) is 16.7. The van der Waals surface area contributed by atoms with Gasteiger partial charge in [0.25, 0.3) is 0 Å². The van der Waals surface area contributed by atoms with Crippen molar-refractivity contribution in [3.8, 4) is 0 Å². The van der Waals surface area contributed by atoms with Crippen LogP contribution in [0.1, 0.15) is 43.0 Å². The normalized spacial score (nSPS) is 27.9. The molecule has 2 saturated heterocycles. The van der Waals surface area contributed by atoms with Gasteiger partial charge in [0.1, 0.15) is 0 Å². The molecule has 3 atom stereocenters. The molecule has 0 aromatic heterocycles. The van der Waals surface area contributed by atoms with Crippen LogP contribution in [0.5, 0.6) is 0 Å². The lowest BCUT2D eigenvalue weighted by atomic mass is 9.79. The van der Waals surface area contributed by atoms with E-state index in [1.807, 2.05) is 12.1 Å². The van der Waals surface area contributed by atoms with E-state index < -0.39 is 0 Å². The Morgan fingerprint density at radius 3 is 2.29 bits per heavy atom. The number of benzene rings is 2. The zero-order valence-electron chi connectivity index (χ0n) is 15.8. The van der Waals surface area contributed by atoms with Crippen LogP contribution in [0, 0.1) is 5.92 Å². The summed E-state index contributed by atoms with van der Waals surface area (Å²) in [6.07, 6.45) is 1.78. The van der Waals surface area contributed by atoms with Crippen molar-refractivity contribution >= 4 is 28.5 Å². The number of thioether (sulfide) groups is 1. The first-order valence-electron chi connectivity index (χ1n) is 9.67. The number of nitrogens with one attached hydrogen (secondary N) is 2. The Morgan fingerprint density at radius 1 is 1.00 bits per heavy atom. The predicted molar refractivity (Wildman–Crippen MR) is 115 cm³/mol. The van der Waals surface area contributed by atoms with Crippen LogP contribution < -0.4 is 10.6 Å². The van der Waals surface area contributed by atoms with Crippen LogP contribution in [-0.4, -0.2) is 22.5 Å². The maximum atomic E-state index is 11.4. The molecule has 2 heterocycles. The summed E-state index contributed by atoms with van der Waals surface area (Å²) in [5.41, 5.74) is 3.60. The molecule has 0 radical (unpaired) electrons. The maximum Gasteiger partial charge on any atom is 0.236 e. The second kappa shape index (κ2) is 8.71. The summed E-state index contributed by atoms with van der Waals surface area (Å²) in [4.78, 5) is 11.4. The van der Waals surface area contributed by atoms with Crippen LogP contribution in [0.3, 0.4) is 0 Å². The van der Waals surface area contributed by atoms with Crippen LogP contribution >= 0.6 is 11.8 Å². The quantitative estimate of drug-likeness (QED) is 0.771. The van der Waals surface area contributed by atoms with Crippen LogP contribution in [0.25, 0.3) is 0 Å². The summed E-state index contributed by atoms with van der Waals surface area (Å²) < 4.78 is 0. The summed E-state index contributed by atoms with van der Waals surface area (Å²) in [5.74, 6) is 0.668. The largest absolute Gasteiger partial charge is 0.303 e. The number of amidine groups is 1. The minimum atomic E-state index is -0.00868. The summed E-state index contributed by atoms with van der Waals surface area (Å²) in [6.45, 7) is 2.19. The van der Waals surface area contributed by atoms with Gasteiger partial charge in [-0.25, -0.2) is 0 Å². The summed E-state index contributed by atoms with van der Waals surface area (Å²) in [5, 5.41) is 16.2. The van der Waals surface area contributed by atoms with E-state index in [0.717, 1.165) is 18.6 Å². The van der Waals surface area contributed by atoms with Crippen molar-refractivity contribution in [1.29, 1.82) is 0 Å². The highest BCUT2D eigenvalue weighted by atomic mass is 32.2. The molecule has 2 fully saturated rings. The maximum absolute atomic E-state index is 11.4. The Hall–Kier alpha value is -2.44. The van der Waals surface area contributed by atoms with E-state index in [2.05, 4.69) is 76.3 Å². The Balaban J connectivity index is 1.69. The average molecular weight is 393 g/mol. The second-order valence-electron chi connectivity index (χ2n) is 7.07. The first kappa shape index (κ1) is 18.9. The van der Waals surface area contributed by atoms with Crippen molar-refractivity contribution in [3.63, 3.8) is 0 Å². The number of rotatable bonds is 4. The van der Waals surface area contributed by atoms with Gasteiger partial charge in [-0.1, -0.05) is 79.3 Å². The summed E-state index contributed by atoms with van der Waals surface area (Å²) in [6, 6.07) is 21.4. The van der Waals surface area contributed by atoms with Gasteiger partial charge in [0.2, 0.25) is 5.91 Å². The highest BCUT2D eigenvalue weighted by Crippen LogP contribution is 2.37. The number of piperidine rings is 1. The van der Waals surface area contributed by atoms with Gasteiger partial charge >= 0.3 is 0 Å². The van der Waals surface area contributed by atoms with E-state index in [-0.39, 0.29) is 23.9 Å². The fourth-order valence-electron chi connectivity index (χ4n) is 3.91. The number of hydrogen-bond donors (Lipinski definition) is 2. The Kier molecular flexibility index (Phi) is 5.88. The molecule has 2 aromatic carbocycles. The van der Waals surface area contributed by atoms with Gasteiger partial charge in [-0.2, -0.15) is 5.10 Å². The lowest BCUT2D eigenvalue weighted by Crippen LogP contribution is -2.42. The van der Waals surface area contributed by atoms with Gasteiger partial charge in [-0.3, -0.25) is 4.79 Å². The van der Waals surface area contributed by atoms with Crippen LogP contribution in [-0.2, 0) is 4.79 Å². The van der Waals surface area contributed by atoms with Gasteiger partial charge in [0, 0.05) is 30.1 Å². The highest BCUT2D eigenvalue weighted by molar-refractivity contribution is 8.15. The molecular weight excluding hydrogens is 368 g/mol. The smallest absolute Gasteiger partial charge is 0.236 e. The third kappa shape index (κ3) is 4.18. The lowest BCUT2D eigenvalue weighted by molar-refractivity contribution is -0.116. The van der Waals surface area contributed by atoms with Crippen molar-refractivity contribution in [3.05, 3.63) is 71.8 Å². The minimum absolute atomic E-state index is 0.00868. The molecule has 2 N–H and O–H groups in total. The van der Waals surface area contributed by atoms with E-state index in [9.17, 15) is 4.79 Å². The van der Waals surface area contributed by atoms with E-state index in [1.54, 1.807) is 0 Å². The zero-order chi connectivity index (χ0) is 19.3. The van der Waals surface area contributed by atoms with Crippen LogP contribution in [0.4, 0.5) is 0 Å². The minimum Gasteiger partial charge on any atom is -0.303 e. The molecule has 28 heavy (non-hydrogen) atoms. The number of nitrogens with zero attached hydrogens (tertiary/aromatic N) is 2. The number of carbonyl (C=O) groups excluding carboxylic acids is 1. The Labute approximate surface area is 169 Å². The van der Waals surface area contributed by atoms with Crippen molar-refractivity contribution in [1.82, 2.24) is 10.6 Å². The first-order valence-corrected chi connectivity index (χ1v) is 10.7. The lowest BCUT2D eigenvalue weighted by Gasteiger charge is -2.38. The second-order valence-corrected chi connectivity index (χ2v) is 8.03. The van der Waals surface area contributed by atoms with Crippen LogP contribution in [0.2, 0.25) is 0 Å². The van der Waals surface area contributed by atoms with Crippen molar-refractivity contribution < 1.29 is 4.79 Å². The van der Waals surface area contributed by atoms with Gasteiger partial charge in [-0.05, 0) is 17.5 Å². The molecule has 2 aliphatic rings. The van der Waals surface area contributed by atoms with Gasteiger partial charge in [0.05, 0.1) is 5.75 Å². The molecule has 2 aromatic rings. The Bertz CT molecular complexity index is 882. The van der Waals surface area contributed by atoms with Crippen LogP contribution in [0.15, 0.2) is 70.9 Å². The molecule has 0 bridgehead atoms. The monoisotopic (exact) mass is 392 g/mol. The molecule has 4 rings (SSSR count).